The van der Waals surface area contributed by atoms with Crippen molar-refractivity contribution in [2.75, 3.05) is 20.2 Å². The molecule has 1 aliphatic rings. The lowest BCUT2D eigenvalue weighted by atomic mass is 10.2. The second-order valence-corrected chi connectivity index (χ2v) is 3.93. The van der Waals surface area contributed by atoms with Crippen molar-refractivity contribution in [2.45, 2.75) is 12.6 Å². The Kier molecular flexibility index (Phi) is 3.49. The van der Waals surface area contributed by atoms with Crippen LogP contribution in [0.3, 0.4) is 0 Å². The van der Waals surface area contributed by atoms with Gasteiger partial charge in [-0.3, -0.25) is 4.90 Å². The zero-order valence-corrected chi connectivity index (χ0v) is 9.76. The van der Waals surface area contributed by atoms with E-state index in [4.69, 9.17) is 15.2 Å². The summed E-state index contributed by atoms with van der Waals surface area (Å²) in [5.41, 5.74) is 6.44. The SMILES string of the molecule is COc1ccccc1CN1C[C@@H](CN)OC1=O. The Hall–Kier alpha value is -1.75. The fourth-order valence-electron chi connectivity index (χ4n) is 1.87. The molecular weight excluding hydrogens is 220 g/mol. The first-order valence-corrected chi connectivity index (χ1v) is 5.52. The number of amides is 1. The van der Waals surface area contributed by atoms with Gasteiger partial charge in [-0.05, 0) is 6.07 Å². The minimum Gasteiger partial charge on any atom is -0.496 e. The molecule has 17 heavy (non-hydrogen) atoms. The molecule has 2 N–H and O–H groups in total. The van der Waals surface area contributed by atoms with Crippen LogP contribution in [-0.4, -0.2) is 37.3 Å². The third-order valence-electron chi connectivity index (χ3n) is 2.77. The predicted octanol–water partition coefficient (Wildman–Crippen LogP) is 0.975. The third-order valence-corrected chi connectivity index (χ3v) is 2.77. The molecule has 1 heterocycles. The predicted molar refractivity (Wildman–Crippen MR) is 62.7 cm³/mol. The Morgan fingerprint density at radius 3 is 2.94 bits per heavy atom. The molecule has 0 aromatic heterocycles. The van der Waals surface area contributed by atoms with Crippen LogP contribution in [-0.2, 0) is 11.3 Å². The topological polar surface area (TPSA) is 64.8 Å². The quantitative estimate of drug-likeness (QED) is 0.846. The van der Waals surface area contributed by atoms with E-state index in [1.54, 1.807) is 12.0 Å². The first-order chi connectivity index (χ1) is 8.24. The maximum Gasteiger partial charge on any atom is 0.410 e. The van der Waals surface area contributed by atoms with Gasteiger partial charge in [0, 0.05) is 12.1 Å². The average Bonchev–Trinajstić information content (AvgIpc) is 2.71. The van der Waals surface area contributed by atoms with E-state index in [1.807, 2.05) is 24.3 Å². The van der Waals surface area contributed by atoms with Crippen LogP contribution in [0.1, 0.15) is 5.56 Å². The van der Waals surface area contributed by atoms with Gasteiger partial charge in [0.05, 0.1) is 20.2 Å². The summed E-state index contributed by atoms with van der Waals surface area (Å²) in [5, 5.41) is 0. The van der Waals surface area contributed by atoms with Crippen molar-refractivity contribution in [1.29, 1.82) is 0 Å². The molecule has 1 atom stereocenters. The highest BCUT2D eigenvalue weighted by Gasteiger charge is 2.30. The number of hydrogen-bond donors (Lipinski definition) is 1. The van der Waals surface area contributed by atoms with Gasteiger partial charge in [0.2, 0.25) is 0 Å². The molecule has 92 valence electrons. The third kappa shape index (κ3) is 2.50. The number of para-hydroxylation sites is 1. The summed E-state index contributed by atoms with van der Waals surface area (Å²) in [5.74, 6) is 0.775. The Balaban J connectivity index is 2.08. The van der Waals surface area contributed by atoms with Crippen LogP contribution < -0.4 is 10.5 Å². The highest BCUT2D eigenvalue weighted by molar-refractivity contribution is 5.70. The molecule has 0 bridgehead atoms. The molecule has 2 rings (SSSR count). The number of carbonyl (C=O) groups excluding carboxylic acids is 1. The van der Waals surface area contributed by atoms with Gasteiger partial charge in [-0.25, -0.2) is 4.79 Å². The number of benzene rings is 1. The molecule has 5 nitrogen and oxygen atoms in total. The van der Waals surface area contributed by atoms with Crippen LogP contribution in [0.2, 0.25) is 0 Å². The highest BCUT2D eigenvalue weighted by atomic mass is 16.6. The van der Waals surface area contributed by atoms with Gasteiger partial charge < -0.3 is 15.2 Å². The van der Waals surface area contributed by atoms with Crippen LogP contribution in [0, 0.1) is 0 Å². The molecule has 1 saturated heterocycles. The molecule has 1 aliphatic heterocycles. The fraction of sp³-hybridized carbons (Fsp3) is 0.417. The summed E-state index contributed by atoms with van der Waals surface area (Å²) in [6.45, 7) is 1.38. The van der Waals surface area contributed by atoms with E-state index in [2.05, 4.69) is 0 Å². The van der Waals surface area contributed by atoms with E-state index in [9.17, 15) is 4.79 Å². The first-order valence-electron chi connectivity index (χ1n) is 5.52. The molecule has 0 aliphatic carbocycles. The van der Waals surface area contributed by atoms with Crippen LogP contribution in [0.15, 0.2) is 24.3 Å². The molecule has 1 fully saturated rings. The smallest absolute Gasteiger partial charge is 0.410 e. The molecule has 1 aromatic rings. The number of cyclic esters (lactones) is 1. The monoisotopic (exact) mass is 236 g/mol. The lowest BCUT2D eigenvalue weighted by Crippen LogP contribution is -2.27. The summed E-state index contributed by atoms with van der Waals surface area (Å²) < 4.78 is 10.3. The Morgan fingerprint density at radius 1 is 1.53 bits per heavy atom. The number of rotatable bonds is 4. The highest BCUT2D eigenvalue weighted by Crippen LogP contribution is 2.21. The largest absolute Gasteiger partial charge is 0.496 e. The van der Waals surface area contributed by atoms with Gasteiger partial charge in [-0.1, -0.05) is 18.2 Å². The Labute approximate surface area is 100 Å². The van der Waals surface area contributed by atoms with Crippen LogP contribution in [0.25, 0.3) is 0 Å². The summed E-state index contributed by atoms with van der Waals surface area (Å²) in [6.07, 6.45) is -0.511. The number of methoxy groups -OCH3 is 1. The van der Waals surface area contributed by atoms with Gasteiger partial charge in [0.15, 0.2) is 0 Å². The van der Waals surface area contributed by atoms with E-state index in [-0.39, 0.29) is 12.2 Å². The van der Waals surface area contributed by atoms with Crippen molar-refractivity contribution in [3.05, 3.63) is 29.8 Å². The van der Waals surface area contributed by atoms with Crippen molar-refractivity contribution >= 4 is 6.09 Å². The number of nitrogens with zero attached hydrogens (tertiary/aromatic N) is 1. The molecule has 0 spiro atoms. The van der Waals surface area contributed by atoms with Gasteiger partial charge in [0.25, 0.3) is 0 Å². The van der Waals surface area contributed by atoms with Gasteiger partial charge >= 0.3 is 6.09 Å². The van der Waals surface area contributed by atoms with Crippen LogP contribution >= 0.6 is 0 Å². The maximum absolute atomic E-state index is 11.6. The van der Waals surface area contributed by atoms with Crippen molar-refractivity contribution in [1.82, 2.24) is 4.90 Å². The molecule has 0 radical (unpaired) electrons. The Bertz CT molecular complexity index is 408. The van der Waals surface area contributed by atoms with Crippen LogP contribution in [0.4, 0.5) is 4.79 Å². The van der Waals surface area contributed by atoms with Crippen molar-refractivity contribution in [3.63, 3.8) is 0 Å². The molecule has 0 unspecified atom stereocenters. The van der Waals surface area contributed by atoms with Gasteiger partial charge in [-0.15, -0.1) is 0 Å². The standard InChI is InChI=1S/C12H16N2O3/c1-16-11-5-3-2-4-9(11)7-14-8-10(6-13)17-12(14)15/h2-5,10H,6-8,13H2,1H3/t10-/m1/s1. The summed E-state index contributed by atoms with van der Waals surface area (Å²) in [6, 6.07) is 7.62. The average molecular weight is 236 g/mol. The molecule has 0 saturated carbocycles. The van der Waals surface area contributed by atoms with E-state index < -0.39 is 0 Å². The molecule has 1 amide bonds. The number of ether oxygens (including phenoxy) is 2. The lowest BCUT2D eigenvalue weighted by molar-refractivity contribution is 0.134. The second-order valence-electron chi connectivity index (χ2n) is 3.93. The van der Waals surface area contributed by atoms with E-state index in [0.29, 0.717) is 19.6 Å². The molecule has 5 heteroatoms. The van der Waals surface area contributed by atoms with Gasteiger partial charge in [0.1, 0.15) is 11.9 Å². The van der Waals surface area contributed by atoms with Crippen molar-refractivity contribution in [3.8, 4) is 5.75 Å². The summed E-state index contributed by atoms with van der Waals surface area (Å²) in [4.78, 5) is 13.2. The summed E-state index contributed by atoms with van der Waals surface area (Å²) >= 11 is 0. The van der Waals surface area contributed by atoms with E-state index >= 15 is 0 Å². The molecular formula is C12H16N2O3. The first kappa shape index (κ1) is 11.7. The lowest BCUT2D eigenvalue weighted by Gasteiger charge is -2.15. The minimum absolute atomic E-state index is 0.197. The normalized spacial score (nSPS) is 19.3. The van der Waals surface area contributed by atoms with Crippen molar-refractivity contribution < 1.29 is 14.3 Å². The number of hydrogen-bond acceptors (Lipinski definition) is 4. The zero-order valence-electron chi connectivity index (χ0n) is 9.76. The summed E-state index contributed by atoms with van der Waals surface area (Å²) in [7, 11) is 1.61. The minimum atomic E-state index is -0.314. The van der Waals surface area contributed by atoms with Crippen LogP contribution in [0.5, 0.6) is 5.75 Å². The number of nitrogens with two attached hydrogens (primary N) is 1. The Morgan fingerprint density at radius 2 is 2.29 bits per heavy atom. The fourth-order valence-corrected chi connectivity index (χ4v) is 1.87. The van der Waals surface area contributed by atoms with Gasteiger partial charge in [-0.2, -0.15) is 0 Å². The second kappa shape index (κ2) is 5.05. The maximum atomic E-state index is 11.6. The number of carbonyl (C=O) groups is 1. The zero-order chi connectivity index (χ0) is 12.3. The van der Waals surface area contributed by atoms with Crippen molar-refractivity contribution in [2.24, 2.45) is 5.73 Å². The van der Waals surface area contributed by atoms with E-state index in [0.717, 1.165) is 11.3 Å². The van der Waals surface area contributed by atoms with E-state index in [1.165, 1.54) is 0 Å². The molecule has 1 aromatic carbocycles.